The molecule has 0 radical (unpaired) electrons. The van der Waals surface area contributed by atoms with Crippen molar-refractivity contribution in [1.29, 1.82) is 0 Å². The maximum Gasteiger partial charge on any atom is 0.290 e. The number of halogens is 5. The summed E-state index contributed by atoms with van der Waals surface area (Å²) in [7, 11) is 0. The van der Waals surface area contributed by atoms with E-state index in [0.717, 1.165) is 17.0 Å². The van der Waals surface area contributed by atoms with E-state index in [2.05, 4.69) is 15.6 Å². The molecular formula is C28H24ClF4N3O. The van der Waals surface area contributed by atoms with Crippen molar-refractivity contribution in [2.24, 2.45) is 0 Å². The Balaban J connectivity index is 1.48. The fraction of sp³-hybridized carbons (Fsp3) is 0.214. The Hall–Kier alpha value is -3.65. The Bertz CT molecular complexity index is 1480. The van der Waals surface area contributed by atoms with Gasteiger partial charge in [0.1, 0.15) is 5.82 Å². The van der Waals surface area contributed by atoms with Crippen molar-refractivity contribution in [2.75, 3.05) is 11.9 Å². The van der Waals surface area contributed by atoms with Gasteiger partial charge >= 0.3 is 0 Å². The summed E-state index contributed by atoms with van der Waals surface area (Å²) in [4.78, 5) is 16.8. The molecule has 0 aliphatic heterocycles. The minimum absolute atomic E-state index is 0.00247. The van der Waals surface area contributed by atoms with Crippen molar-refractivity contribution >= 4 is 34.0 Å². The molecule has 37 heavy (non-hydrogen) atoms. The number of nitrogens with one attached hydrogen (secondary N) is 2. The number of rotatable bonds is 8. The SMILES string of the molecule is Cc1ccc(CNC(=O)Cc2c(Cl)ccc(NCC(F)(F)c3cccc4c(F)cccc34)c2F)c(C)n1. The third-order valence-corrected chi connectivity index (χ3v) is 6.45. The quantitative estimate of drug-likeness (QED) is 0.246. The molecule has 0 unspecified atom stereocenters. The number of hydrogen-bond donors (Lipinski definition) is 2. The monoisotopic (exact) mass is 529 g/mol. The Kier molecular flexibility index (Phi) is 7.68. The van der Waals surface area contributed by atoms with Crippen LogP contribution < -0.4 is 10.6 Å². The number of alkyl halides is 2. The van der Waals surface area contributed by atoms with Gasteiger partial charge in [0.25, 0.3) is 5.92 Å². The van der Waals surface area contributed by atoms with E-state index in [1.54, 1.807) is 0 Å². The molecule has 192 valence electrons. The number of aromatic nitrogens is 1. The topological polar surface area (TPSA) is 54.0 Å². The predicted molar refractivity (Wildman–Crippen MR) is 137 cm³/mol. The van der Waals surface area contributed by atoms with Crippen molar-refractivity contribution in [1.82, 2.24) is 10.3 Å². The summed E-state index contributed by atoms with van der Waals surface area (Å²) in [6.45, 7) is 2.93. The van der Waals surface area contributed by atoms with Crippen LogP contribution >= 0.6 is 11.6 Å². The number of benzene rings is 3. The van der Waals surface area contributed by atoms with Crippen LogP contribution in [0.25, 0.3) is 10.8 Å². The fourth-order valence-corrected chi connectivity index (χ4v) is 4.32. The molecule has 2 N–H and O–H groups in total. The van der Waals surface area contributed by atoms with Gasteiger partial charge in [-0.25, -0.2) is 8.78 Å². The lowest BCUT2D eigenvalue weighted by Crippen LogP contribution is -2.27. The van der Waals surface area contributed by atoms with Crippen LogP contribution in [0.4, 0.5) is 23.2 Å². The van der Waals surface area contributed by atoms with Gasteiger partial charge in [-0.05, 0) is 49.1 Å². The second-order valence-electron chi connectivity index (χ2n) is 8.74. The number of aryl methyl sites for hydroxylation is 2. The summed E-state index contributed by atoms with van der Waals surface area (Å²) < 4.78 is 59.6. The lowest BCUT2D eigenvalue weighted by Gasteiger charge is -2.21. The molecule has 3 aromatic carbocycles. The molecule has 4 aromatic rings. The first-order valence-corrected chi connectivity index (χ1v) is 11.9. The average Bonchev–Trinajstić information content (AvgIpc) is 2.85. The van der Waals surface area contributed by atoms with Crippen molar-refractivity contribution in [3.8, 4) is 0 Å². The first kappa shape index (κ1) is 26.4. The highest BCUT2D eigenvalue weighted by Crippen LogP contribution is 2.35. The van der Waals surface area contributed by atoms with E-state index in [4.69, 9.17) is 11.6 Å². The number of carbonyl (C=O) groups is 1. The Morgan fingerprint density at radius 3 is 2.46 bits per heavy atom. The van der Waals surface area contributed by atoms with Gasteiger partial charge in [-0.1, -0.05) is 48.0 Å². The second kappa shape index (κ2) is 10.8. The van der Waals surface area contributed by atoms with E-state index in [0.29, 0.717) is 0 Å². The van der Waals surface area contributed by atoms with Crippen LogP contribution in [0.1, 0.15) is 28.1 Å². The molecule has 1 heterocycles. The van der Waals surface area contributed by atoms with Gasteiger partial charge in [0, 0.05) is 39.5 Å². The summed E-state index contributed by atoms with van der Waals surface area (Å²) in [5, 5.41) is 5.28. The van der Waals surface area contributed by atoms with E-state index < -0.39 is 30.0 Å². The smallest absolute Gasteiger partial charge is 0.290 e. The predicted octanol–water partition coefficient (Wildman–Crippen LogP) is 6.85. The number of nitrogens with zero attached hydrogens (tertiary/aromatic N) is 1. The zero-order chi connectivity index (χ0) is 26.7. The van der Waals surface area contributed by atoms with Crippen LogP contribution in [0.3, 0.4) is 0 Å². The van der Waals surface area contributed by atoms with Gasteiger partial charge < -0.3 is 10.6 Å². The van der Waals surface area contributed by atoms with Crippen molar-refractivity contribution < 1.29 is 22.4 Å². The van der Waals surface area contributed by atoms with Gasteiger partial charge in [-0.3, -0.25) is 9.78 Å². The van der Waals surface area contributed by atoms with Crippen LogP contribution in [0.15, 0.2) is 60.7 Å². The highest BCUT2D eigenvalue weighted by atomic mass is 35.5. The molecule has 0 saturated carbocycles. The minimum atomic E-state index is -3.45. The maximum atomic E-state index is 15.2. The molecule has 0 saturated heterocycles. The third-order valence-electron chi connectivity index (χ3n) is 6.10. The number of fused-ring (bicyclic) bond motifs is 1. The highest BCUT2D eigenvalue weighted by molar-refractivity contribution is 6.31. The zero-order valence-corrected chi connectivity index (χ0v) is 20.9. The van der Waals surface area contributed by atoms with Crippen LogP contribution in [-0.2, 0) is 23.7 Å². The van der Waals surface area contributed by atoms with Gasteiger partial charge in [0.05, 0.1) is 18.7 Å². The Morgan fingerprint density at radius 2 is 1.70 bits per heavy atom. The van der Waals surface area contributed by atoms with E-state index in [9.17, 15) is 9.18 Å². The van der Waals surface area contributed by atoms with Crippen LogP contribution in [0, 0.1) is 25.5 Å². The Morgan fingerprint density at radius 1 is 0.973 bits per heavy atom. The molecule has 1 aromatic heterocycles. The normalized spacial score (nSPS) is 11.5. The van der Waals surface area contributed by atoms with Gasteiger partial charge in [-0.2, -0.15) is 8.78 Å². The highest BCUT2D eigenvalue weighted by Gasteiger charge is 2.33. The second-order valence-corrected chi connectivity index (χ2v) is 9.14. The summed E-state index contributed by atoms with van der Waals surface area (Å²) in [6.07, 6.45) is -0.377. The van der Waals surface area contributed by atoms with E-state index in [1.807, 2.05) is 26.0 Å². The molecule has 0 aliphatic rings. The largest absolute Gasteiger partial charge is 0.376 e. The molecule has 4 rings (SSSR count). The molecule has 0 fully saturated rings. The van der Waals surface area contributed by atoms with E-state index in [-0.39, 0.29) is 45.6 Å². The molecule has 4 nitrogen and oxygen atoms in total. The van der Waals surface area contributed by atoms with Crippen molar-refractivity contribution in [3.05, 3.63) is 105 Å². The summed E-state index contributed by atoms with van der Waals surface area (Å²) >= 11 is 6.13. The van der Waals surface area contributed by atoms with E-state index in [1.165, 1.54) is 48.5 Å². The lowest BCUT2D eigenvalue weighted by molar-refractivity contribution is -0.120. The average molecular weight is 530 g/mol. The van der Waals surface area contributed by atoms with Crippen LogP contribution in [-0.4, -0.2) is 17.4 Å². The number of hydrogen-bond acceptors (Lipinski definition) is 3. The fourth-order valence-electron chi connectivity index (χ4n) is 4.11. The standard InChI is InChI=1S/C28H24ClF4N3O/c1-16-9-10-18(17(2)36-16)14-34-26(37)13-21-23(29)11-12-25(27(21)31)35-15-28(32,33)22-7-3-6-20-19(22)5-4-8-24(20)30/h3-12,35H,13-15H2,1-2H3,(H,34,37). The zero-order valence-electron chi connectivity index (χ0n) is 20.1. The molecule has 0 aliphatic carbocycles. The summed E-state index contributed by atoms with van der Waals surface area (Å²) in [5.74, 6) is -5.43. The molecule has 0 spiro atoms. The minimum Gasteiger partial charge on any atom is -0.376 e. The maximum absolute atomic E-state index is 15.2. The van der Waals surface area contributed by atoms with Crippen molar-refractivity contribution in [2.45, 2.75) is 32.7 Å². The number of anilines is 1. The summed E-state index contributed by atoms with van der Waals surface area (Å²) in [6, 6.07) is 14.2. The van der Waals surface area contributed by atoms with Gasteiger partial charge in [0.15, 0.2) is 5.82 Å². The van der Waals surface area contributed by atoms with Crippen LogP contribution in [0.2, 0.25) is 5.02 Å². The number of pyridine rings is 1. The molecule has 1 amide bonds. The first-order chi connectivity index (χ1) is 17.6. The van der Waals surface area contributed by atoms with Crippen LogP contribution in [0.5, 0.6) is 0 Å². The lowest BCUT2D eigenvalue weighted by atomic mass is 9.99. The van der Waals surface area contributed by atoms with Gasteiger partial charge in [0.2, 0.25) is 5.91 Å². The molecule has 9 heteroatoms. The Labute approximate surface area is 216 Å². The number of carbonyl (C=O) groups excluding carboxylic acids is 1. The van der Waals surface area contributed by atoms with Gasteiger partial charge in [-0.15, -0.1) is 0 Å². The van der Waals surface area contributed by atoms with E-state index >= 15 is 13.2 Å². The third kappa shape index (κ3) is 5.85. The summed E-state index contributed by atoms with van der Waals surface area (Å²) in [5.41, 5.74) is 1.72. The first-order valence-electron chi connectivity index (χ1n) is 11.5. The molecule has 0 atom stereocenters. The molecular weight excluding hydrogens is 506 g/mol. The van der Waals surface area contributed by atoms with Crippen molar-refractivity contribution in [3.63, 3.8) is 0 Å². The molecule has 0 bridgehead atoms. The number of amides is 1.